The number of hydrogen-bond donors (Lipinski definition) is 1. The summed E-state index contributed by atoms with van der Waals surface area (Å²) in [6.07, 6.45) is 3.38. The molecule has 2 unspecified atom stereocenters. The van der Waals surface area contributed by atoms with Gasteiger partial charge in [0.05, 0.1) is 0 Å². The number of nitrogens with two attached hydrogens (primary N) is 1. The van der Waals surface area contributed by atoms with Gasteiger partial charge in [-0.1, -0.05) is 24.1 Å². The van der Waals surface area contributed by atoms with Crippen molar-refractivity contribution in [2.45, 2.75) is 45.2 Å². The van der Waals surface area contributed by atoms with E-state index in [1.807, 2.05) is 6.07 Å². The van der Waals surface area contributed by atoms with Crippen molar-refractivity contribution < 1.29 is 4.39 Å². The van der Waals surface area contributed by atoms with Gasteiger partial charge < -0.3 is 5.73 Å². The second kappa shape index (κ2) is 6.88. The van der Waals surface area contributed by atoms with E-state index in [0.29, 0.717) is 23.5 Å². The smallest absolute Gasteiger partial charge is 0.129 e. The Morgan fingerprint density at radius 2 is 2.15 bits per heavy atom. The molecular formula is C16H24ClFN2. The van der Waals surface area contributed by atoms with Crippen molar-refractivity contribution in [3.05, 3.63) is 34.6 Å². The van der Waals surface area contributed by atoms with Gasteiger partial charge in [-0.05, 0) is 57.8 Å². The first-order chi connectivity index (χ1) is 9.54. The molecule has 1 saturated heterocycles. The monoisotopic (exact) mass is 298 g/mol. The summed E-state index contributed by atoms with van der Waals surface area (Å²) in [6, 6.07) is 5.44. The second-order valence-corrected chi connectivity index (χ2v) is 6.37. The first-order valence-electron chi connectivity index (χ1n) is 7.45. The summed E-state index contributed by atoms with van der Waals surface area (Å²) in [5, 5.41) is 0.445. The van der Waals surface area contributed by atoms with Crippen LogP contribution in [-0.2, 0) is 0 Å². The Hall–Kier alpha value is -0.640. The molecule has 0 spiro atoms. The van der Waals surface area contributed by atoms with Crippen molar-refractivity contribution >= 4 is 11.6 Å². The molecule has 1 heterocycles. The third-order valence-electron chi connectivity index (χ3n) is 4.29. The van der Waals surface area contributed by atoms with Crippen LogP contribution in [-0.4, -0.2) is 24.0 Å². The summed E-state index contributed by atoms with van der Waals surface area (Å²) >= 11 is 5.88. The molecule has 1 fully saturated rings. The predicted octanol–water partition coefficient (Wildman–Crippen LogP) is 3.99. The minimum absolute atomic E-state index is 0.0553. The Kier molecular flexibility index (Phi) is 5.42. The van der Waals surface area contributed by atoms with E-state index in [4.69, 9.17) is 17.3 Å². The molecule has 2 N–H and O–H groups in total. The van der Waals surface area contributed by atoms with E-state index >= 15 is 0 Å². The molecule has 0 aromatic heterocycles. The Labute approximate surface area is 126 Å². The minimum atomic E-state index is -0.214. The van der Waals surface area contributed by atoms with Gasteiger partial charge in [0.2, 0.25) is 0 Å². The van der Waals surface area contributed by atoms with Crippen molar-refractivity contribution in [3.63, 3.8) is 0 Å². The van der Waals surface area contributed by atoms with E-state index in [1.165, 1.54) is 6.07 Å². The Morgan fingerprint density at radius 3 is 2.75 bits per heavy atom. The lowest BCUT2D eigenvalue weighted by Crippen LogP contribution is -2.40. The fraction of sp³-hybridized carbons (Fsp3) is 0.625. The maximum atomic E-state index is 14.4. The van der Waals surface area contributed by atoms with Gasteiger partial charge in [0.25, 0.3) is 0 Å². The molecule has 1 aliphatic rings. The maximum Gasteiger partial charge on any atom is 0.129 e. The number of halogens is 2. The van der Waals surface area contributed by atoms with Crippen LogP contribution in [0.4, 0.5) is 4.39 Å². The summed E-state index contributed by atoms with van der Waals surface area (Å²) in [7, 11) is 0. The van der Waals surface area contributed by atoms with E-state index in [1.54, 1.807) is 6.07 Å². The summed E-state index contributed by atoms with van der Waals surface area (Å²) in [4.78, 5) is 2.39. The summed E-state index contributed by atoms with van der Waals surface area (Å²) in [5.41, 5.74) is 6.70. The predicted molar refractivity (Wildman–Crippen MR) is 82.4 cm³/mol. The molecule has 0 bridgehead atoms. The third-order valence-corrected chi connectivity index (χ3v) is 4.53. The van der Waals surface area contributed by atoms with Gasteiger partial charge in [0.15, 0.2) is 0 Å². The van der Waals surface area contributed by atoms with E-state index in [-0.39, 0.29) is 11.9 Å². The van der Waals surface area contributed by atoms with Gasteiger partial charge in [0, 0.05) is 22.7 Å². The first kappa shape index (κ1) is 15.7. The summed E-state index contributed by atoms with van der Waals surface area (Å²) in [6.45, 7) is 5.93. The molecule has 0 saturated carbocycles. The molecule has 1 aromatic rings. The lowest BCUT2D eigenvalue weighted by atomic mass is 9.88. The maximum absolute atomic E-state index is 14.4. The Morgan fingerprint density at radius 1 is 1.40 bits per heavy atom. The molecule has 0 aliphatic carbocycles. The van der Waals surface area contributed by atoms with Crippen LogP contribution >= 0.6 is 11.6 Å². The lowest BCUT2D eigenvalue weighted by molar-refractivity contribution is 0.118. The molecule has 0 radical (unpaired) electrons. The average molecular weight is 299 g/mol. The zero-order chi connectivity index (χ0) is 14.7. The number of likely N-dealkylation sites (tertiary alicyclic amines) is 1. The van der Waals surface area contributed by atoms with Crippen LogP contribution in [0.5, 0.6) is 0 Å². The zero-order valence-electron chi connectivity index (χ0n) is 12.3. The SMILES string of the molecule is CC(C)N1CCCCC(CN)C1c1ccc(Cl)cc1F. The zero-order valence-corrected chi connectivity index (χ0v) is 13.0. The molecule has 2 nitrogen and oxygen atoms in total. The molecule has 20 heavy (non-hydrogen) atoms. The Balaban J connectivity index is 2.43. The second-order valence-electron chi connectivity index (χ2n) is 5.93. The minimum Gasteiger partial charge on any atom is -0.330 e. The van der Waals surface area contributed by atoms with Gasteiger partial charge in [-0.2, -0.15) is 0 Å². The summed E-state index contributed by atoms with van der Waals surface area (Å²) in [5.74, 6) is 0.0871. The van der Waals surface area contributed by atoms with Gasteiger partial charge in [-0.3, -0.25) is 4.90 Å². The third kappa shape index (κ3) is 3.33. The van der Waals surface area contributed by atoms with E-state index < -0.39 is 0 Å². The van der Waals surface area contributed by atoms with E-state index in [0.717, 1.165) is 31.4 Å². The molecule has 1 aromatic carbocycles. The first-order valence-corrected chi connectivity index (χ1v) is 7.83. The largest absolute Gasteiger partial charge is 0.330 e. The van der Waals surface area contributed by atoms with Crippen LogP contribution in [0.25, 0.3) is 0 Å². The number of benzene rings is 1. The van der Waals surface area contributed by atoms with Crippen molar-refractivity contribution in [3.8, 4) is 0 Å². The molecule has 0 amide bonds. The quantitative estimate of drug-likeness (QED) is 0.914. The van der Waals surface area contributed by atoms with Crippen LogP contribution in [0, 0.1) is 11.7 Å². The number of rotatable bonds is 3. The Bertz CT molecular complexity index is 450. The van der Waals surface area contributed by atoms with Gasteiger partial charge in [-0.25, -0.2) is 4.39 Å². The van der Waals surface area contributed by atoms with Gasteiger partial charge >= 0.3 is 0 Å². The highest BCUT2D eigenvalue weighted by molar-refractivity contribution is 6.30. The molecule has 2 rings (SSSR count). The standard InChI is InChI=1S/C16H24ClFN2/c1-11(2)20-8-4-3-5-12(10-19)16(20)14-7-6-13(17)9-15(14)18/h6-7,9,11-12,16H,3-5,8,10,19H2,1-2H3. The fourth-order valence-electron chi connectivity index (χ4n) is 3.27. The van der Waals surface area contributed by atoms with Crippen LogP contribution in [0.1, 0.15) is 44.7 Å². The lowest BCUT2D eigenvalue weighted by Gasteiger charge is -2.38. The van der Waals surface area contributed by atoms with Gasteiger partial charge in [0.1, 0.15) is 5.82 Å². The normalized spacial score (nSPS) is 24.9. The molecular weight excluding hydrogens is 275 g/mol. The molecule has 4 heteroatoms. The van der Waals surface area contributed by atoms with Crippen LogP contribution in [0.15, 0.2) is 18.2 Å². The summed E-state index contributed by atoms with van der Waals surface area (Å²) < 4.78 is 14.4. The van der Waals surface area contributed by atoms with Crippen LogP contribution in [0.2, 0.25) is 5.02 Å². The highest BCUT2D eigenvalue weighted by Crippen LogP contribution is 2.37. The van der Waals surface area contributed by atoms with E-state index in [2.05, 4.69) is 18.7 Å². The van der Waals surface area contributed by atoms with Gasteiger partial charge in [-0.15, -0.1) is 0 Å². The highest BCUT2D eigenvalue weighted by Gasteiger charge is 2.33. The fourth-order valence-corrected chi connectivity index (χ4v) is 3.43. The van der Waals surface area contributed by atoms with Crippen molar-refractivity contribution in [1.29, 1.82) is 0 Å². The van der Waals surface area contributed by atoms with Crippen molar-refractivity contribution in [2.24, 2.45) is 11.7 Å². The molecule has 2 atom stereocenters. The molecule has 112 valence electrons. The van der Waals surface area contributed by atoms with Crippen LogP contribution < -0.4 is 5.73 Å². The van der Waals surface area contributed by atoms with E-state index in [9.17, 15) is 4.39 Å². The molecule has 1 aliphatic heterocycles. The van der Waals surface area contributed by atoms with Crippen molar-refractivity contribution in [2.75, 3.05) is 13.1 Å². The highest BCUT2D eigenvalue weighted by atomic mass is 35.5. The van der Waals surface area contributed by atoms with Crippen LogP contribution in [0.3, 0.4) is 0 Å². The topological polar surface area (TPSA) is 29.3 Å². The number of hydrogen-bond acceptors (Lipinski definition) is 2. The van der Waals surface area contributed by atoms with Crippen molar-refractivity contribution in [1.82, 2.24) is 4.90 Å². The number of nitrogens with zero attached hydrogens (tertiary/aromatic N) is 1. The average Bonchev–Trinajstić information content (AvgIpc) is 2.61.